The van der Waals surface area contributed by atoms with Gasteiger partial charge in [-0.25, -0.2) is 23.6 Å². The Hall–Kier alpha value is -3.49. The zero-order valence-electron chi connectivity index (χ0n) is 20.0. The van der Waals surface area contributed by atoms with E-state index < -0.39 is 6.43 Å². The predicted octanol–water partition coefficient (Wildman–Crippen LogP) is 6.02. The number of hydrogen-bond acceptors (Lipinski definition) is 7. The van der Waals surface area contributed by atoms with E-state index in [-0.39, 0.29) is 33.8 Å². The third-order valence-corrected chi connectivity index (χ3v) is 7.03. The molecule has 1 N–H and O–H groups in total. The number of amides is 1. The zero-order chi connectivity index (χ0) is 26.8. The molecule has 0 saturated heterocycles. The molecule has 0 atom stereocenters. The Morgan fingerprint density at radius 3 is 2.76 bits per heavy atom. The molecule has 0 unspecified atom stereocenters. The van der Waals surface area contributed by atoms with Crippen molar-refractivity contribution in [2.45, 2.75) is 29.9 Å². The fourth-order valence-electron chi connectivity index (χ4n) is 3.26. The van der Waals surface area contributed by atoms with Crippen LogP contribution in [0.4, 0.5) is 13.2 Å². The smallest absolute Gasteiger partial charge is 0.280 e. The van der Waals surface area contributed by atoms with Crippen LogP contribution in [0.2, 0.25) is 0 Å². The Morgan fingerprint density at radius 1 is 1.24 bits per heavy atom. The average Bonchev–Trinajstić information content (AvgIpc) is 2.87. The molecule has 6 nitrogen and oxygen atoms in total. The lowest BCUT2D eigenvalue weighted by atomic mass is 10.1. The number of aryl methyl sites for hydroxylation is 1. The lowest BCUT2D eigenvalue weighted by Gasteiger charge is -2.11. The van der Waals surface area contributed by atoms with Crippen LogP contribution in [0, 0.1) is 24.1 Å². The lowest BCUT2D eigenvalue weighted by Crippen LogP contribution is -2.19. The fourth-order valence-corrected chi connectivity index (χ4v) is 5.06. The van der Waals surface area contributed by atoms with Crippen molar-refractivity contribution < 1.29 is 22.7 Å². The van der Waals surface area contributed by atoms with Gasteiger partial charge in [-0.3, -0.25) is 4.79 Å². The van der Waals surface area contributed by atoms with E-state index in [9.17, 15) is 23.2 Å². The van der Waals surface area contributed by atoms with Crippen molar-refractivity contribution in [3.63, 3.8) is 0 Å². The van der Waals surface area contributed by atoms with E-state index in [0.29, 0.717) is 28.4 Å². The molecule has 0 fully saturated rings. The highest BCUT2D eigenvalue weighted by Gasteiger charge is 2.17. The van der Waals surface area contributed by atoms with Gasteiger partial charge in [0.2, 0.25) is 5.91 Å². The van der Waals surface area contributed by atoms with Crippen molar-refractivity contribution in [3.8, 4) is 11.8 Å². The maximum absolute atomic E-state index is 13.2. The second kappa shape index (κ2) is 13.7. The minimum absolute atomic E-state index is 0.156. The summed E-state index contributed by atoms with van der Waals surface area (Å²) in [6.07, 6.45) is -1.27. The van der Waals surface area contributed by atoms with Gasteiger partial charge in [-0.1, -0.05) is 12.1 Å². The van der Waals surface area contributed by atoms with Gasteiger partial charge in [-0.05, 0) is 60.0 Å². The maximum atomic E-state index is 13.2. The first-order valence-corrected chi connectivity index (χ1v) is 13.1. The van der Waals surface area contributed by atoms with Gasteiger partial charge in [-0.15, -0.1) is 23.5 Å². The summed E-state index contributed by atoms with van der Waals surface area (Å²) < 4.78 is 45.0. The molecule has 192 valence electrons. The topological polar surface area (TPSA) is 87.4 Å². The van der Waals surface area contributed by atoms with E-state index in [1.54, 1.807) is 37.3 Å². The number of thioether (sulfide) groups is 2. The number of methoxy groups -OCH3 is 1. The first kappa shape index (κ1) is 28.1. The number of alkyl halides is 2. The van der Waals surface area contributed by atoms with Crippen LogP contribution in [-0.2, 0) is 16.3 Å². The van der Waals surface area contributed by atoms with Gasteiger partial charge in [0.25, 0.3) is 6.43 Å². The summed E-state index contributed by atoms with van der Waals surface area (Å²) in [5.74, 6) is 0.916. The molecule has 0 saturated carbocycles. The molecular formula is C26H23F3N4O2S2. The standard InChI is InChI=1S/C26H23F3N4O2S2/c1-16-8-22(25(28)29)32-26(21(16)11-30)37-14-19-9-17(6-7-23(19)35-2)12-31-33-24(34)15-36-13-18-4-3-5-20(27)10-18/h3-10,12,25H,13-15H2,1-2H3,(H,33,34)/b31-12+. The molecule has 11 heteroatoms. The summed E-state index contributed by atoms with van der Waals surface area (Å²) in [5, 5.41) is 13.7. The highest BCUT2D eigenvalue weighted by Crippen LogP contribution is 2.32. The highest BCUT2D eigenvalue weighted by atomic mass is 32.2. The number of benzene rings is 2. The summed E-state index contributed by atoms with van der Waals surface area (Å²) in [6, 6.07) is 14.7. The molecule has 0 aliphatic carbocycles. The van der Waals surface area contributed by atoms with E-state index >= 15 is 0 Å². The number of halogens is 3. The molecule has 1 amide bonds. The van der Waals surface area contributed by atoms with Gasteiger partial charge in [0, 0.05) is 17.1 Å². The lowest BCUT2D eigenvalue weighted by molar-refractivity contribution is -0.118. The Labute approximate surface area is 221 Å². The van der Waals surface area contributed by atoms with Gasteiger partial charge >= 0.3 is 0 Å². The van der Waals surface area contributed by atoms with Gasteiger partial charge in [0.1, 0.15) is 28.4 Å². The van der Waals surface area contributed by atoms with Crippen molar-refractivity contribution >= 4 is 35.6 Å². The summed E-state index contributed by atoms with van der Waals surface area (Å²) in [4.78, 5) is 16.0. The monoisotopic (exact) mass is 544 g/mol. The van der Waals surface area contributed by atoms with E-state index in [4.69, 9.17) is 4.74 Å². The highest BCUT2D eigenvalue weighted by molar-refractivity contribution is 7.99. The van der Waals surface area contributed by atoms with Crippen LogP contribution >= 0.6 is 23.5 Å². The Morgan fingerprint density at radius 2 is 2.05 bits per heavy atom. The minimum Gasteiger partial charge on any atom is -0.496 e. The molecule has 0 bridgehead atoms. The van der Waals surface area contributed by atoms with Crippen LogP contribution in [0.15, 0.2) is 58.7 Å². The molecule has 37 heavy (non-hydrogen) atoms. The van der Waals surface area contributed by atoms with Gasteiger partial charge in [0.15, 0.2) is 0 Å². The van der Waals surface area contributed by atoms with Crippen molar-refractivity contribution in [2.75, 3.05) is 12.9 Å². The number of hydrogen-bond donors (Lipinski definition) is 1. The van der Waals surface area contributed by atoms with E-state index in [2.05, 4.69) is 15.5 Å². The van der Waals surface area contributed by atoms with Crippen molar-refractivity contribution in [2.24, 2.45) is 5.10 Å². The normalized spacial score (nSPS) is 11.1. The van der Waals surface area contributed by atoms with Crippen molar-refractivity contribution in [3.05, 3.63) is 87.9 Å². The second-order valence-electron chi connectivity index (χ2n) is 7.73. The molecule has 3 rings (SSSR count). The molecule has 1 aromatic heterocycles. The number of pyridine rings is 1. The van der Waals surface area contributed by atoms with Crippen LogP contribution in [0.3, 0.4) is 0 Å². The molecule has 3 aromatic rings. The quantitative estimate of drug-likeness (QED) is 0.180. The first-order valence-electron chi connectivity index (χ1n) is 10.9. The third-order valence-electron chi connectivity index (χ3n) is 5.00. The zero-order valence-corrected chi connectivity index (χ0v) is 21.6. The number of nitrogens with zero attached hydrogens (tertiary/aromatic N) is 3. The minimum atomic E-state index is -2.74. The van der Waals surface area contributed by atoms with Crippen LogP contribution in [0.1, 0.15) is 39.9 Å². The van der Waals surface area contributed by atoms with E-state index in [1.165, 1.54) is 43.3 Å². The predicted molar refractivity (Wildman–Crippen MR) is 139 cm³/mol. The first-order chi connectivity index (χ1) is 17.8. The Kier molecular flexibility index (Phi) is 10.4. The average molecular weight is 545 g/mol. The molecule has 0 spiro atoms. The van der Waals surface area contributed by atoms with Gasteiger partial charge < -0.3 is 4.74 Å². The Balaban J connectivity index is 1.61. The number of ether oxygens (including phenoxy) is 1. The SMILES string of the molecule is COc1ccc(/C=N/NC(=O)CSCc2cccc(F)c2)cc1CSc1nc(C(F)F)cc(C)c1C#N. The fraction of sp³-hybridized carbons (Fsp3) is 0.231. The molecular weight excluding hydrogens is 521 g/mol. The number of nitriles is 1. The number of rotatable bonds is 11. The van der Waals surface area contributed by atoms with Crippen LogP contribution < -0.4 is 10.2 Å². The Bertz CT molecular complexity index is 1330. The molecule has 0 aliphatic heterocycles. The third kappa shape index (κ3) is 8.27. The second-order valence-corrected chi connectivity index (χ2v) is 9.68. The molecule has 2 aromatic carbocycles. The molecule has 0 radical (unpaired) electrons. The van der Waals surface area contributed by atoms with Crippen LogP contribution in [-0.4, -0.2) is 30.0 Å². The van der Waals surface area contributed by atoms with Crippen LogP contribution in [0.5, 0.6) is 5.75 Å². The number of carbonyl (C=O) groups excluding carboxylic acids is 1. The van der Waals surface area contributed by atoms with Crippen LogP contribution in [0.25, 0.3) is 0 Å². The van der Waals surface area contributed by atoms with Gasteiger partial charge in [-0.2, -0.15) is 10.4 Å². The number of aromatic nitrogens is 1. The van der Waals surface area contributed by atoms with Crippen molar-refractivity contribution in [1.29, 1.82) is 5.26 Å². The van der Waals surface area contributed by atoms with Gasteiger partial charge in [0.05, 0.1) is 24.6 Å². The largest absolute Gasteiger partial charge is 0.496 e. The van der Waals surface area contributed by atoms with Crippen molar-refractivity contribution in [1.82, 2.24) is 10.4 Å². The maximum Gasteiger partial charge on any atom is 0.280 e. The molecule has 0 aliphatic rings. The number of hydrazone groups is 1. The summed E-state index contributed by atoms with van der Waals surface area (Å²) in [5.41, 5.74) is 4.97. The number of carbonyl (C=O) groups is 1. The summed E-state index contributed by atoms with van der Waals surface area (Å²) >= 11 is 2.50. The van der Waals surface area contributed by atoms with E-state index in [0.717, 1.165) is 22.9 Å². The summed E-state index contributed by atoms with van der Waals surface area (Å²) in [7, 11) is 1.51. The molecule has 1 heterocycles. The number of nitrogens with one attached hydrogen (secondary N) is 1. The summed E-state index contributed by atoms with van der Waals surface area (Å²) in [6.45, 7) is 1.60. The van der Waals surface area contributed by atoms with E-state index in [1.807, 2.05) is 6.07 Å².